The number of piperidine rings is 1. The van der Waals surface area contributed by atoms with Gasteiger partial charge in [0, 0.05) is 24.2 Å². The first-order chi connectivity index (χ1) is 14.2. The number of carbonyl (C=O) groups is 2. The van der Waals surface area contributed by atoms with Gasteiger partial charge in [-0.2, -0.15) is 0 Å². The molecule has 0 bridgehead atoms. The Kier molecular flexibility index (Phi) is 5.69. The van der Waals surface area contributed by atoms with E-state index in [1.54, 1.807) is 17.0 Å². The highest BCUT2D eigenvalue weighted by atomic mass is 16.6. The number of hydrogen-bond donors (Lipinski definition) is 1. The lowest BCUT2D eigenvalue weighted by Gasteiger charge is -2.27. The highest BCUT2D eigenvalue weighted by Crippen LogP contribution is 2.33. The summed E-state index contributed by atoms with van der Waals surface area (Å²) in [7, 11) is 0. The molecule has 4 rings (SSSR count). The van der Waals surface area contributed by atoms with E-state index in [9.17, 15) is 9.59 Å². The maximum Gasteiger partial charge on any atom is 0.251 e. The second-order valence-corrected chi connectivity index (χ2v) is 7.39. The summed E-state index contributed by atoms with van der Waals surface area (Å²) in [5.41, 5.74) is 2.42. The Hall–Kier alpha value is -3.02. The summed E-state index contributed by atoms with van der Waals surface area (Å²) in [6.07, 6.45) is 3.32. The van der Waals surface area contributed by atoms with Crippen LogP contribution in [0.25, 0.3) is 0 Å². The van der Waals surface area contributed by atoms with E-state index in [1.807, 2.05) is 37.3 Å². The van der Waals surface area contributed by atoms with Crippen LogP contribution in [0.1, 0.15) is 54.6 Å². The fourth-order valence-electron chi connectivity index (χ4n) is 3.81. The molecule has 6 nitrogen and oxygen atoms in total. The SMILES string of the molecule is CCC(NC(=O)c1ccc(N2CCCCC2=O)cc1)c1ccc2c(c1)OCCO2. The van der Waals surface area contributed by atoms with Crippen molar-refractivity contribution in [2.24, 2.45) is 0 Å². The maximum atomic E-state index is 12.8. The Morgan fingerprint density at radius 2 is 1.83 bits per heavy atom. The minimum absolute atomic E-state index is 0.123. The first kappa shape index (κ1) is 19.3. The van der Waals surface area contributed by atoms with Crippen LogP contribution in [-0.2, 0) is 4.79 Å². The number of ether oxygens (including phenoxy) is 2. The zero-order chi connectivity index (χ0) is 20.2. The molecule has 2 aliphatic heterocycles. The average Bonchev–Trinajstić information content (AvgIpc) is 2.77. The normalized spacial score (nSPS) is 17.0. The highest BCUT2D eigenvalue weighted by Gasteiger charge is 2.21. The van der Waals surface area contributed by atoms with Crippen molar-refractivity contribution >= 4 is 17.5 Å². The Morgan fingerprint density at radius 3 is 2.55 bits per heavy atom. The van der Waals surface area contributed by atoms with Gasteiger partial charge in [0.25, 0.3) is 5.91 Å². The first-order valence-corrected chi connectivity index (χ1v) is 10.3. The lowest BCUT2D eigenvalue weighted by atomic mass is 10.0. The molecule has 0 radical (unpaired) electrons. The third kappa shape index (κ3) is 4.21. The predicted molar refractivity (Wildman–Crippen MR) is 111 cm³/mol. The molecule has 1 unspecified atom stereocenters. The topological polar surface area (TPSA) is 67.9 Å². The van der Waals surface area contributed by atoms with E-state index in [1.165, 1.54) is 0 Å². The molecule has 29 heavy (non-hydrogen) atoms. The molecule has 1 N–H and O–H groups in total. The molecule has 6 heteroatoms. The quantitative estimate of drug-likeness (QED) is 0.836. The summed E-state index contributed by atoms with van der Waals surface area (Å²) in [5.74, 6) is 1.47. The lowest BCUT2D eigenvalue weighted by molar-refractivity contribution is -0.119. The standard InChI is InChI=1S/C23H26N2O4/c1-2-19(17-8-11-20-21(15-17)29-14-13-28-20)24-23(27)16-6-9-18(10-7-16)25-12-4-3-5-22(25)26/h6-11,15,19H,2-5,12-14H2,1H3,(H,24,27). The van der Waals surface area contributed by atoms with Crippen molar-refractivity contribution in [3.05, 3.63) is 53.6 Å². The van der Waals surface area contributed by atoms with E-state index in [4.69, 9.17) is 9.47 Å². The van der Waals surface area contributed by atoms with E-state index < -0.39 is 0 Å². The largest absolute Gasteiger partial charge is 0.486 e. The number of amides is 2. The molecule has 152 valence electrons. The smallest absolute Gasteiger partial charge is 0.251 e. The molecule has 0 aromatic heterocycles. The van der Waals surface area contributed by atoms with Crippen LogP contribution in [0.5, 0.6) is 11.5 Å². The Labute approximate surface area is 170 Å². The molecule has 2 heterocycles. The van der Waals surface area contributed by atoms with Gasteiger partial charge in [0.2, 0.25) is 5.91 Å². The monoisotopic (exact) mass is 394 g/mol. The average molecular weight is 394 g/mol. The van der Waals surface area contributed by atoms with Gasteiger partial charge < -0.3 is 19.7 Å². The van der Waals surface area contributed by atoms with E-state index >= 15 is 0 Å². The minimum Gasteiger partial charge on any atom is -0.486 e. The Bertz CT molecular complexity index is 894. The fourth-order valence-corrected chi connectivity index (χ4v) is 3.81. The van der Waals surface area contributed by atoms with Crippen LogP contribution < -0.4 is 19.7 Å². The van der Waals surface area contributed by atoms with Crippen molar-refractivity contribution in [2.45, 2.75) is 38.6 Å². The summed E-state index contributed by atoms with van der Waals surface area (Å²) in [6.45, 7) is 3.87. The van der Waals surface area contributed by atoms with E-state index in [2.05, 4.69) is 5.32 Å². The zero-order valence-corrected chi connectivity index (χ0v) is 16.6. The summed E-state index contributed by atoms with van der Waals surface area (Å²) < 4.78 is 11.2. The number of fused-ring (bicyclic) bond motifs is 1. The molecule has 0 saturated carbocycles. The van der Waals surface area contributed by atoms with Gasteiger partial charge in [0.05, 0.1) is 6.04 Å². The third-order valence-corrected chi connectivity index (χ3v) is 5.45. The Balaban J connectivity index is 1.45. The molecule has 2 aromatic carbocycles. The summed E-state index contributed by atoms with van der Waals surface area (Å²) in [4.78, 5) is 26.7. The van der Waals surface area contributed by atoms with E-state index in [-0.39, 0.29) is 17.9 Å². The van der Waals surface area contributed by atoms with Crippen molar-refractivity contribution in [1.29, 1.82) is 0 Å². The first-order valence-electron chi connectivity index (χ1n) is 10.3. The maximum absolute atomic E-state index is 12.8. The van der Waals surface area contributed by atoms with Crippen LogP contribution in [-0.4, -0.2) is 31.6 Å². The van der Waals surface area contributed by atoms with Crippen LogP contribution >= 0.6 is 0 Å². The molecule has 1 saturated heterocycles. The van der Waals surface area contributed by atoms with Gasteiger partial charge in [-0.15, -0.1) is 0 Å². The zero-order valence-electron chi connectivity index (χ0n) is 16.6. The molecule has 2 amide bonds. The van der Waals surface area contributed by atoms with Crippen molar-refractivity contribution < 1.29 is 19.1 Å². The number of rotatable bonds is 5. The van der Waals surface area contributed by atoms with Crippen LogP contribution in [0, 0.1) is 0 Å². The van der Waals surface area contributed by atoms with Gasteiger partial charge in [-0.3, -0.25) is 9.59 Å². The molecule has 2 aromatic rings. The van der Waals surface area contributed by atoms with E-state index in [0.717, 1.165) is 48.6 Å². The number of hydrogen-bond acceptors (Lipinski definition) is 4. The summed E-state index contributed by atoms with van der Waals surface area (Å²) in [5, 5.41) is 3.10. The van der Waals surface area contributed by atoms with Crippen molar-refractivity contribution in [1.82, 2.24) is 5.32 Å². The summed E-state index contributed by atoms with van der Waals surface area (Å²) in [6, 6.07) is 12.9. The van der Waals surface area contributed by atoms with Crippen molar-refractivity contribution in [3.8, 4) is 11.5 Å². The number of anilines is 1. The molecule has 2 aliphatic rings. The van der Waals surface area contributed by atoms with Crippen LogP contribution in [0.4, 0.5) is 5.69 Å². The fraction of sp³-hybridized carbons (Fsp3) is 0.391. The number of nitrogens with one attached hydrogen (secondary N) is 1. The van der Waals surface area contributed by atoms with Crippen LogP contribution in [0.2, 0.25) is 0 Å². The summed E-state index contributed by atoms with van der Waals surface area (Å²) >= 11 is 0. The van der Waals surface area contributed by atoms with Gasteiger partial charge in [-0.05, 0) is 61.2 Å². The van der Waals surface area contributed by atoms with Crippen molar-refractivity contribution in [3.63, 3.8) is 0 Å². The third-order valence-electron chi connectivity index (χ3n) is 5.45. The van der Waals surface area contributed by atoms with Gasteiger partial charge >= 0.3 is 0 Å². The van der Waals surface area contributed by atoms with Gasteiger partial charge in [-0.25, -0.2) is 0 Å². The van der Waals surface area contributed by atoms with Gasteiger partial charge in [0.1, 0.15) is 13.2 Å². The molecule has 1 atom stereocenters. The predicted octanol–water partition coefficient (Wildman–Crippen LogP) is 3.86. The second kappa shape index (κ2) is 8.55. The Morgan fingerprint density at radius 1 is 1.07 bits per heavy atom. The molecule has 0 aliphatic carbocycles. The molecular weight excluding hydrogens is 368 g/mol. The number of carbonyl (C=O) groups excluding carboxylic acids is 2. The van der Waals surface area contributed by atoms with Gasteiger partial charge in [-0.1, -0.05) is 13.0 Å². The van der Waals surface area contributed by atoms with Crippen LogP contribution in [0.3, 0.4) is 0 Å². The second-order valence-electron chi connectivity index (χ2n) is 7.39. The van der Waals surface area contributed by atoms with E-state index in [0.29, 0.717) is 25.2 Å². The highest BCUT2D eigenvalue weighted by molar-refractivity contribution is 5.97. The van der Waals surface area contributed by atoms with Gasteiger partial charge in [0.15, 0.2) is 11.5 Å². The molecule has 0 spiro atoms. The number of benzene rings is 2. The minimum atomic E-state index is -0.136. The van der Waals surface area contributed by atoms with Crippen molar-refractivity contribution in [2.75, 3.05) is 24.7 Å². The molecular formula is C23H26N2O4. The lowest BCUT2D eigenvalue weighted by Crippen LogP contribution is -2.35. The van der Waals surface area contributed by atoms with Crippen LogP contribution in [0.15, 0.2) is 42.5 Å². The number of nitrogens with zero attached hydrogens (tertiary/aromatic N) is 1. The molecule has 1 fully saturated rings.